The zero-order valence-corrected chi connectivity index (χ0v) is 9.62. The zero-order valence-electron chi connectivity index (χ0n) is 9.62. The summed E-state index contributed by atoms with van der Waals surface area (Å²) in [6.45, 7) is 12.0. The van der Waals surface area contributed by atoms with E-state index in [1.54, 1.807) is 0 Å². The third-order valence-corrected chi connectivity index (χ3v) is 2.26. The molecule has 14 heavy (non-hydrogen) atoms. The van der Waals surface area contributed by atoms with Crippen LogP contribution in [-0.4, -0.2) is 30.0 Å². The van der Waals surface area contributed by atoms with Crippen molar-refractivity contribution in [2.75, 3.05) is 19.7 Å². The van der Waals surface area contributed by atoms with Crippen LogP contribution < -0.4 is 0 Å². The van der Waals surface area contributed by atoms with Crippen LogP contribution in [0.25, 0.3) is 0 Å². The van der Waals surface area contributed by atoms with Crippen molar-refractivity contribution in [3.63, 3.8) is 0 Å². The molecule has 0 bridgehead atoms. The number of hydrogen-bond acceptors (Lipinski definition) is 3. The lowest BCUT2D eigenvalue weighted by Crippen LogP contribution is -2.31. The molecule has 0 amide bonds. The first-order valence-electron chi connectivity index (χ1n) is 5.49. The second-order valence-corrected chi connectivity index (χ2v) is 3.13. The number of allylic oxidation sites excluding steroid dienone is 1. The number of hydrogen-bond donors (Lipinski definition) is 1. The van der Waals surface area contributed by atoms with E-state index in [-0.39, 0.29) is 0 Å². The van der Waals surface area contributed by atoms with E-state index in [2.05, 4.69) is 6.58 Å². The summed E-state index contributed by atoms with van der Waals surface area (Å²) in [5.74, 6) is 1.32. The van der Waals surface area contributed by atoms with E-state index in [9.17, 15) is 0 Å². The van der Waals surface area contributed by atoms with E-state index in [1.165, 1.54) is 5.06 Å². The molecule has 0 atom stereocenters. The van der Waals surface area contributed by atoms with E-state index in [0.29, 0.717) is 12.5 Å². The topological polar surface area (TPSA) is 32.7 Å². The minimum atomic E-state index is 0.438. The van der Waals surface area contributed by atoms with Gasteiger partial charge in [-0.25, -0.2) is 0 Å². The highest BCUT2D eigenvalue weighted by atomic mass is 16.5. The lowest BCUT2D eigenvalue weighted by atomic mass is 9.96. The largest absolute Gasteiger partial charge is 0.499 e. The molecule has 0 radical (unpaired) electrons. The first-order valence-corrected chi connectivity index (χ1v) is 5.49. The average Bonchev–Trinajstić information content (AvgIpc) is 2.22. The van der Waals surface area contributed by atoms with Crippen LogP contribution in [0.2, 0.25) is 0 Å². The summed E-state index contributed by atoms with van der Waals surface area (Å²) in [7, 11) is 0. The van der Waals surface area contributed by atoms with Gasteiger partial charge in [0, 0.05) is 19.0 Å². The number of piperidine rings is 1. The molecular formula is C11H23NO2. The third-order valence-electron chi connectivity index (χ3n) is 2.26. The van der Waals surface area contributed by atoms with Crippen LogP contribution >= 0.6 is 0 Å². The fraction of sp³-hybridized carbons (Fsp3) is 0.818. The molecule has 3 nitrogen and oxygen atoms in total. The Morgan fingerprint density at radius 3 is 2.36 bits per heavy atom. The highest BCUT2D eigenvalue weighted by molar-refractivity contribution is 4.93. The number of ether oxygens (including phenoxy) is 1. The maximum Gasteiger partial charge on any atom is 0.0919 e. The summed E-state index contributed by atoms with van der Waals surface area (Å²) in [5.41, 5.74) is 0. The molecule has 1 saturated heterocycles. The highest BCUT2D eigenvalue weighted by Crippen LogP contribution is 2.23. The molecule has 3 heteroatoms. The van der Waals surface area contributed by atoms with Gasteiger partial charge in [-0.1, -0.05) is 20.4 Å². The maximum absolute atomic E-state index is 9.10. The lowest BCUT2D eigenvalue weighted by Gasteiger charge is -2.28. The molecule has 0 unspecified atom stereocenters. The van der Waals surface area contributed by atoms with Gasteiger partial charge < -0.3 is 9.94 Å². The monoisotopic (exact) mass is 201 g/mol. The van der Waals surface area contributed by atoms with E-state index in [1.807, 2.05) is 20.8 Å². The van der Waals surface area contributed by atoms with Gasteiger partial charge in [0.25, 0.3) is 0 Å². The Labute approximate surface area is 87.3 Å². The average molecular weight is 201 g/mol. The molecule has 0 aromatic rings. The van der Waals surface area contributed by atoms with E-state index >= 15 is 0 Å². The normalized spacial score (nSPS) is 18.3. The summed E-state index contributed by atoms with van der Waals surface area (Å²) < 4.78 is 5.32. The summed E-state index contributed by atoms with van der Waals surface area (Å²) in [6.07, 6.45) is 1.91. The molecule has 0 aliphatic carbocycles. The molecule has 1 fully saturated rings. The van der Waals surface area contributed by atoms with Crippen molar-refractivity contribution in [2.24, 2.45) is 5.92 Å². The number of hydroxylamine groups is 2. The summed E-state index contributed by atoms with van der Waals surface area (Å²) in [4.78, 5) is 0. The molecule has 1 heterocycles. The fourth-order valence-corrected chi connectivity index (χ4v) is 1.49. The zero-order chi connectivity index (χ0) is 11.0. The Morgan fingerprint density at radius 1 is 1.43 bits per heavy atom. The van der Waals surface area contributed by atoms with Crippen LogP contribution in [0.4, 0.5) is 0 Å². The fourth-order valence-electron chi connectivity index (χ4n) is 1.49. The molecule has 1 N–H and O–H groups in total. The second kappa shape index (κ2) is 7.83. The maximum atomic E-state index is 9.10. The van der Waals surface area contributed by atoms with Crippen molar-refractivity contribution in [3.8, 4) is 0 Å². The molecule has 1 aliphatic heterocycles. The lowest BCUT2D eigenvalue weighted by molar-refractivity contribution is -0.112. The third kappa shape index (κ3) is 4.63. The van der Waals surface area contributed by atoms with Gasteiger partial charge in [0.2, 0.25) is 0 Å². The van der Waals surface area contributed by atoms with Crippen molar-refractivity contribution in [3.05, 3.63) is 12.3 Å². The van der Waals surface area contributed by atoms with Crippen LogP contribution in [0, 0.1) is 5.92 Å². The Bertz CT molecular complexity index is 151. The first-order chi connectivity index (χ1) is 6.74. The van der Waals surface area contributed by atoms with Crippen molar-refractivity contribution >= 4 is 0 Å². The van der Waals surface area contributed by atoms with Gasteiger partial charge >= 0.3 is 0 Å². The Morgan fingerprint density at radius 2 is 1.93 bits per heavy atom. The van der Waals surface area contributed by atoms with Crippen LogP contribution in [0.5, 0.6) is 0 Å². The van der Waals surface area contributed by atoms with Gasteiger partial charge in [-0.3, -0.25) is 0 Å². The predicted octanol–water partition coefficient (Wildman–Crippen LogP) is 2.66. The Balaban J connectivity index is 0.000000791. The second-order valence-electron chi connectivity index (χ2n) is 3.13. The minimum Gasteiger partial charge on any atom is -0.499 e. The van der Waals surface area contributed by atoms with Gasteiger partial charge in [-0.05, 0) is 19.8 Å². The van der Waals surface area contributed by atoms with Gasteiger partial charge in [0.1, 0.15) is 0 Å². The first kappa shape index (κ1) is 13.5. The number of rotatable bonds is 3. The van der Waals surface area contributed by atoms with Crippen molar-refractivity contribution in [2.45, 2.75) is 33.6 Å². The van der Waals surface area contributed by atoms with Crippen molar-refractivity contribution in [1.29, 1.82) is 0 Å². The molecule has 0 aromatic carbocycles. The molecular weight excluding hydrogens is 178 g/mol. The van der Waals surface area contributed by atoms with E-state index in [0.717, 1.165) is 31.7 Å². The predicted molar refractivity (Wildman–Crippen MR) is 58.2 cm³/mol. The van der Waals surface area contributed by atoms with Crippen LogP contribution in [-0.2, 0) is 4.74 Å². The van der Waals surface area contributed by atoms with Crippen LogP contribution in [0.15, 0.2) is 12.3 Å². The van der Waals surface area contributed by atoms with Crippen LogP contribution in [0.3, 0.4) is 0 Å². The molecule has 84 valence electrons. The number of nitrogens with zero attached hydrogens (tertiary/aromatic N) is 1. The van der Waals surface area contributed by atoms with E-state index in [4.69, 9.17) is 9.94 Å². The smallest absolute Gasteiger partial charge is 0.0919 e. The van der Waals surface area contributed by atoms with Gasteiger partial charge in [0.05, 0.1) is 12.4 Å². The molecule has 0 spiro atoms. The highest BCUT2D eigenvalue weighted by Gasteiger charge is 2.20. The minimum absolute atomic E-state index is 0.438. The molecule has 1 aliphatic rings. The van der Waals surface area contributed by atoms with Crippen LogP contribution in [0.1, 0.15) is 33.6 Å². The summed E-state index contributed by atoms with van der Waals surface area (Å²) in [5, 5.41) is 10.5. The molecule has 1 rings (SSSR count). The van der Waals surface area contributed by atoms with E-state index < -0.39 is 0 Å². The van der Waals surface area contributed by atoms with Gasteiger partial charge in [-0.2, -0.15) is 5.06 Å². The summed E-state index contributed by atoms with van der Waals surface area (Å²) in [6, 6.07) is 0. The molecule has 0 saturated carbocycles. The summed E-state index contributed by atoms with van der Waals surface area (Å²) >= 11 is 0. The Kier molecular flexibility index (Phi) is 7.52. The van der Waals surface area contributed by atoms with Crippen molar-refractivity contribution < 1.29 is 9.94 Å². The standard InChI is InChI=1S/C9H17NO2.C2H6/c1-3-12-8(2)9-4-6-10(11)7-5-9;1-2/h9,11H,2-7H2,1H3;1-2H3. The quantitative estimate of drug-likeness (QED) is 0.712. The van der Waals surface area contributed by atoms with Gasteiger partial charge in [0.15, 0.2) is 0 Å². The Hall–Kier alpha value is -0.540. The van der Waals surface area contributed by atoms with Crippen molar-refractivity contribution in [1.82, 2.24) is 5.06 Å². The van der Waals surface area contributed by atoms with Gasteiger partial charge in [-0.15, -0.1) is 0 Å². The SMILES string of the molecule is C=C(OCC)C1CCN(O)CC1.CC. The molecule has 0 aromatic heterocycles.